The van der Waals surface area contributed by atoms with Gasteiger partial charge in [-0.3, -0.25) is 4.98 Å². The van der Waals surface area contributed by atoms with Crippen molar-refractivity contribution in [2.45, 2.75) is 0 Å². The molecular weight excluding hydrogens is 289 g/mol. The van der Waals surface area contributed by atoms with Crippen LogP contribution in [0.2, 0.25) is 5.02 Å². The normalized spacial score (nSPS) is 10.8. The summed E-state index contributed by atoms with van der Waals surface area (Å²) in [6.07, 6.45) is 1.62. The molecule has 19 heavy (non-hydrogen) atoms. The number of halogens is 2. The highest BCUT2D eigenvalue weighted by atomic mass is 35.5. The Kier molecular flexibility index (Phi) is 2.96. The quantitative estimate of drug-likeness (QED) is 0.780. The first kappa shape index (κ1) is 12.1. The van der Waals surface area contributed by atoms with Gasteiger partial charge in [-0.15, -0.1) is 11.3 Å². The van der Waals surface area contributed by atoms with Crippen LogP contribution in [0.25, 0.3) is 21.7 Å². The van der Waals surface area contributed by atoms with E-state index in [-0.39, 0.29) is 16.5 Å². The molecule has 0 aliphatic rings. The molecule has 96 valence electrons. The molecule has 0 unspecified atom stereocenters. The third-order valence-electron chi connectivity index (χ3n) is 2.61. The van der Waals surface area contributed by atoms with Crippen molar-refractivity contribution in [3.63, 3.8) is 0 Å². The second kappa shape index (κ2) is 4.64. The van der Waals surface area contributed by atoms with Crippen LogP contribution < -0.4 is 5.73 Å². The molecule has 0 aliphatic heterocycles. The molecule has 3 aromatic rings. The predicted octanol–water partition coefficient (Wildman–Crippen LogP) is 3.84. The SMILES string of the molecule is Nc1onc(-c2cncs2)c1-c1cccc(Cl)c1F. The molecule has 4 nitrogen and oxygen atoms in total. The maximum absolute atomic E-state index is 14.1. The summed E-state index contributed by atoms with van der Waals surface area (Å²) in [4.78, 5) is 4.70. The summed E-state index contributed by atoms with van der Waals surface area (Å²) in [6, 6.07) is 4.69. The fraction of sp³-hybridized carbons (Fsp3) is 0. The molecule has 0 bridgehead atoms. The van der Waals surface area contributed by atoms with Crippen LogP contribution in [0.5, 0.6) is 0 Å². The lowest BCUT2D eigenvalue weighted by molar-refractivity contribution is 0.439. The van der Waals surface area contributed by atoms with Gasteiger partial charge in [-0.2, -0.15) is 0 Å². The first-order chi connectivity index (χ1) is 9.18. The third kappa shape index (κ3) is 1.98. The molecule has 0 saturated heterocycles. The van der Waals surface area contributed by atoms with Gasteiger partial charge in [-0.05, 0) is 6.07 Å². The summed E-state index contributed by atoms with van der Waals surface area (Å²) in [6.45, 7) is 0. The molecule has 7 heteroatoms. The zero-order chi connectivity index (χ0) is 13.4. The summed E-state index contributed by atoms with van der Waals surface area (Å²) >= 11 is 7.15. The van der Waals surface area contributed by atoms with Gasteiger partial charge in [0.25, 0.3) is 0 Å². The highest BCUT2D eigenvalue weighted by Crippen LogP contribution is 2.39. The minimum absolute atomic E-state index is 0.0216. The molecule has 0 fully saturated rings. The molecule has 0 spiro atoms. The summed E-state index contributed by atoms with van der Waals surface area (Å²) in [5, 5.41) is 3.89. The Bertz CT molecular complexity index is 727. The highest BCUT2D eigenvalue weighted by molar-refractivity contribution is 7.13. The smallest absolute Gasteiger partial charge is 0.230 e. The summed E-state index contributed by atoms with van der Waals surface area (Å²) < 4.78 is 19.1. The van der Waals surface area contributed by atoms with E-state index in [4.69, 9.17) is 21.9 Å². The molecular formula is C12H7ClFN3OS. The van der Waals surface area contributed by atoms with E-state index in [1.165, 1.54) is 17.4 Å². The standard InChI is InChI=1S/C12H7ClFN3OS/c13-7-3-1-2-6(10(7)14)9-11(17-18-12(9)15)8-4-16-5-19-8/h1-5H,15H2. The van der Waals surface area contributed by atoms with Gasteiger partial charge in [0, 0.05) is 11.8 Å². The lowest BCUT2D eigenvalue weighted by Crippen LogP contribution is -1.91. The second-order valence-electron chi connectivity index (χ2n) is 3.74. The molecule has 2 aromatic heterocycles. The highest BCUT2D eigenvalue weighted by Gasteiger charge is 2.22. The number of nitrogens with two attached hydrogens (primary N) is 1. The van der Waals surface area contributed by atoms with Gasteiger partial charge >= 0.3 is 0 Å². The molecule has 2 N–H and O–H groups in total. The second-order valence-corrected chi connectivity index (χ2v) is 5.03. The van der Waals surface area contributed by atoms with Gasteiger partial charge in [0.15, 0.2) is 0 Å². The molecule has 0 atom stereocenters. The molecule has 0 aliphatic carbocycles. The Morgan fingerprint density at radius 3 is 2.95 bits per heavy atom. The lowest BCUT2D eigenvalue weighted by atomic mass is 10.0. The Hall–Kier alpha value is -1.92. The summed E-state index contributed by atoms with van der Waals surface area (Å²) in [7, 11) is 0. The zero-order valence-corrected chi connectivity index (χ0v) is 11.0. The van der Waals surface area contributed by atoms with Gasteiger partial charge in [0.05, 0.1) is 21.0 Å². The van der Waals surface area contributed by atoms with Crippen LogP contribution in [0.1, 0.15) is 0 Å². The Morgan fingerprint density at radius 1 is 1.37 bits per heavy atom. The number of aromatic nitrogens is 2. The van der Waals surface area contributed by atoms with E-state index in [0.29, 0.717) is 11.3 Å². The van der Waals surface area contributed by atoms with Crippen LogP contribution in [-0.4, -0.2) is 10.1 Å². The predicted molar refractivity (Wildman–Crippen MR) is 72.4 cm³/mol. The van der Waals surface area contributed by atoms with Crippen molar-refractivity contribution in [3.8, 4) is 21.7 Å². The van der Waals surface area contributed by atoms with Crippen LogP contribution in [-0.2, 0) is 0 Å². The molecule has 1 aromatic carbocycles. The van der Waals surface area contributed by atoms with Gasteiger partial charge < -0.3 is 10.3 Å². The topological polar surface area (TPSA) is 64.9 Å². The van der Waals surface area contributed by atoms with Crippen molar-refractivity contribution in [3.05, 3.63) is 40.7 Å². The van der Waals surface area contributed by atoms with E-state index in [2.05, 4.69) is 10.1 Å². The van der Waals surface area contributed by atoms with E-state index < -0.39 is 5.82 Å². The molecule has 0 saturated carbocycles. The number of thiazole rings is 1. The summed E-state index contributed by atoms with van der Waals surface area (Å²) in [5.41, 5.74) is 8.51. The Balaban J connectivity index is 2.26. The number of anilines is 1. The van der Waals surface area contributed by atoms with Crippen molar-refractivity contribution in [1.29, 1.82) is 0 Å². The fourth-order valence-electron chi connectivity index (χ4n) is 1.76. The molecule has 0 radical (unpaired) electrons. The molecule has 3 rings (SSSR count). The number of benzene rings is 1. The minimum Gasteiger partial charge on any atom is -0.367 e. The van der Waals surface area contributed by atoms with Crippen molar-refractivity contribution in [2.24, 2.45) is 0 Å². The molecule has 2 heterocycles. The van der Waals surface area contributed by atoms with Crippen LogP contribution >= 0.6 is 22.9 Å². The van der Waals surface area contributed by atoms with Crippen LogP contribution in [0.15, 0.2) is 34.4 Å². The first-order valence-corrected chi connectivity index (χ1v) is 6.52. The minimum atomic E-state index is -0.551. The average molecular weight is 296 g/mol. The van der Waals surface area contributed by atoms with E-state index in [9.17, 15) is 4.39 Å². The number of hydrogen-bond acceptors (Lipinski definition) is 5. The summed E-state index contributed by atoms with van der Waals surface area (Å²) in [5.74, 6) is -0.505. The lowest BCUT2D eigenvalue weighted by Gasteiger charge is -2.04. The maximum atomic E-state index is 14.1. The van der Waals surface area contributed by atoms with Gasteiger partial charge in [-0.1, -0.05) is 28.9 Å². The van der Waals surface area contributed by atoms with Gasteiger partial charge in [0.1, 0.15) is 11.5 Å². The van der Waals surface area contributed by atoms with E-state index >= 15 is 0 Å². The van der Waals surface area contributed by atoms with E-state index in [0.717, 1.165) is 4.88 Å². The van der Waals surface area contributed by atoms with Crippen molar-refractivity contribution in [1.82, 2.24) is 10.1 Å². The first-order valence-electron chi connectivity index (χ1n) is 5.27. The van der Waals surface area contributed by atoms with Crippen molar-refractivity contribution >= 4 is 28.8 Å². The van der Waals surface area contributed by atoms with Gasteiger partial charge in [0.2, 0.25) is 5.88 Å². The number of nitrogen functional groups attached to an aromatic ring is 1. The van der Waals surface area contributed by atoms with Crippen molar-refractivity contribution in [2.75, 3.05) is 5.73 Å². The largest absolute Gasteiger partial charge is 0.367 e. The van der Waals surface area contributed by atoms with E-state index in [1.54, 1.807) is 23.8 Å². The Labute approximate surface area is 116 Å². The van der Waals surface area contributed by atoms with Crippen molar-refractivity contribution < 1.29 is 8.91 Å². The third-order valence-corrected chi connectivity index (χ3v) is 3.68. The zero-order valence-electron chi connectivity index (χ0n) is 9.43. The maximum Gasteiger partial charge on any atom is 0.230 e. The Morgan fingerprint density at radius 2 is 2.21 bits per heavy atom. The van der Waals surface area contributed by atoms with Crippen LogP contribution in [0, 0.1) is 5.82 Å². The fourth-order valence-corrected chi connectivity index (χ4v) is 2.54. The average Bonchev–Trinajstić information content (AvgIpc) is 3.02. The molecule has 0 amide bonds. The van der Waals surface area contributed by atoms with Gasteiger partial charge in [-0.25, -0.2) is 4.39 Å². The van der Waals surface area contributed by atoms with Crippen LogP contribution in [0.3, 0.4) is 0 Å². The number of hydrogen-bond donors (Lipinski definition) is 1. The number of nitrogens with zero attached hydrogens (tertiary/aromatic N) is 2. The van der Waals surface area contributed by atoms with Crippen LogP contribution in [0.4, 0.5) is 10.3 Å². The number of rotatable bonds is 2. The van der Waals surface area contributed by atoms with E-state index in [1.807, 2.05) is 0 Å². The monoisotopic (exact) mass is 295 g/mol.